The Morgan fingerprint density at radius 1 is 1.16 bits per heavy atom. The molecule has 0 unspecified atom stereocenters. The molecule has 2 saturated heterocycles. The second-order valence-corrected chi connectivity index (χ2v) is 13.3. The number of rotatable bonds is 5. The first-order valence-electron chi connectivity index (χ1n) is 8.82. The molecule has 0 bridgehead atoms. The molecule has 0 aromatic carbocycles. The Hall–Kier alpha value is -0.683. The molecule has 0 aromatic heterocycles. The standard InChI is InChI=1S/C19H32O5Si/c1-9-14-15(16-17(22-14)24-19(5,6)23-16)20-12-10-11-13-21-25(7,8)18(2,3)4/h9,14-17H,1,12-13H2,2-8H3/t14-,15+,16-,17-/m1/s1. The van der Waals surface area contributed by atoms with Gasteiger partial charge in [-0.1, -0.05) is 38.7 Å². The van der Waals surface area contributed by atoms with Gasteiger partial charge in [0.2, 0.25) is 0 Å². The largest absolute Gasteiger partial charge is 0.406 e. The van der Waals surface area contributed by atoms with Gasteiger partial charge in [-0.05, 0) is 32.0 Å². The molecule has 2 rings (SSSR count). The first kappa shape index (κ1) is 20.6. The highest BCUT2D eigenvalue weighted by atomic mass is 28.4. The fourth-order valence-corrected chi connectivity index (χ4v) is 3.42. The summed E-state index contributed by atoms with van der Waals surface area (Å²) in [6.07, 6.45) is 0.522. The van der Waals surface area contributed by atoms with Gasteiger partial charge in [-0.3, -0.25) is 0 Å². The van der Waals surface area contributed by atoms with Crippen LogP contribution in [0.15, 0.2) is 12.7 Å². The van der Waals surface area contributed by atoms with Crippen LogP contribution in [0.3, 0.4) is 0 Å². The van der Waals surface area contributed by atoms with Gasteiger partial charge in [0, 0.05) is 0 Å². The molecule has 6 heteroatoms. The smallest absolute Gasteiger partial charge is 0.193 e. The fourth-order valence-electron chi connectivity index (χ4n) is 2.56. The van der Waals surface area contributed by atoms with Gasteiger partial charge in [0.15, 0.2) is 20.4 Å². The Balaban J connectivity index is 1.82. The summed E-state index contributed by atoms with van der Waals surface area (Å²) in [6.45, 7) is 19.3. The van der Waals surface area contributed by atoms with E-state index in [0.717, 1.165) is 0 Å². The number of hydrogen-bond donors (Lipinski definition) is 0. The van der Waals surface area contributed by atoms with Crippen molar-refractivity contribution in [3.63, 3.8) is 0 Å². The first-order chi connectivity index (χ1) is 11.5. The lowest BCUT2D eigenvalue weighted by Crippen LogP contribution is -2.40. The van der Waals surface area contributed by atoms with Crippen molar-refractivity contribution in [2.24, 2.45) is 0 Å². The minimum Gasteiger partial charge on any atom is -0.406 e. The molecule has 0 saturated carbocycles. The summed E-state index contributed by atoms with van der Waals surface area (Å²) in [5, 5.41) is 0.186. The van der Waals surface area contributed by atoms with Crippen LogP contribution in [0.5, 0.6) is 0 Å². The quantitative estimate of drug-likeness (QED) is 0.422. The van der Waals surface area contributed by atoms with Crippen molar-refractivity contribution in [2.75, 3.05) is 13.2 Å². The van der Waals surface area contributed by atoms with Crippen molar-refractivity contribution in [3.8, 4) is 11.8 Å². The molecule has 0 spiro atoms. The summed E-state index contributed by atoms with van der Waals surface area (Å²) in [6, 6.07) is 0. The topological polar surface area (TPSA) is 46.2 Å². The lowest BCUT2D eigenvalue weighted by Gasteiger charge is -2.35. The predicted octanol–water partition coefficient (Wildman–Crippen LogP) is 3.46. The summed E-state index contributed by atoms with van der Waals surface area (Å²) in [7, 11) is -1.75. The average molecular weight is 369 g/mol. The maximum Gasteiger partial charge on any atom is 0.193 e. The summed E-state index contributed by atoms with van der Waals surface area (Å²) in [5.74, 6) is 5.40. The summed E-state index contributed by atoms with van der Waals surface area (Å²) >= 11 is 0. The van der Waals surface area contributed by atoms with Crippen LogP contribution < -0.4 is 0 Å². The molecule has 25 heavy (non-hydrogen) atoms. The minimum absolute atomic E-state index is 0.186. The third kappa shape index (κ3) is 4.94. The third-order valence-corrected chi connectivity index (χ3v) is 9.52. The molecule has 0 aliphatic carbocycles. The Labute approximate surface area is 153 Å². The Kier molecular flexibility index (Phi) is 6.20. The van der Waals surface area contributed by atoms with E-state index in [-0.39, 0.29) is 23.4 Å². The van der Waals surface area contributed by atoms with Crippen LogP contribution in [0.4, 0.5) is 0 Å². The zero-order valence-electron chi connectivity index (χ0n) is 16.5. The van der Waals surface area contributed by atoms with E-state index in [1.54, 1.807) is 6.08 Å². The number of ether oxygens (including phenoxy) is 4. The van der Waals surface area contributed by atoms with Crippen LogP contribution in [0, 0.1) is 11.8 Å². The van der Waals surface area contributed by atoms with Crippen molar-refractivity contribution < 1.29 is 23.4 Å². The van der Waals surface area contributed by atoms with Crippen molar-refractivity contribution in [1.82, 2.24) is 0 Å². The van der Waals surface area contributed by atoms with Crippen molar-refractivity contribution in [2.45, 2.75) is 83.1 Å². The van der Waals surface area contributed by atoms with E-state index >= 15 is 0 Å². The van der Waals surface area contributed by atoms with Crippen LogP contribution in [0.25, 0.3) is 0 Å². The molecule has 2 heterocycles. The van der Waals surface area contributed by atoms with Crippen LogP contribution in [0.2, 0.25) is 18.1 Å². The van der Waals surface area contributed by atoms with E-state index in [0.29, 0.717) is 13.2 Å². The predicted molar refractivity (Wildman–Crippen MR) is 99.6 cm³/mol. The maximum atomic E-state index is 6.03. The normalized spacial score (nSPS) is 31.3. The SMILES string of the molecule is C=C[C@H]1O[C@@H]2OC(C)(C)O[C@@H]2[C@H]1OCC#CCO[Si](C)(C)C(C)(C)C. The fraction of sp³-hybridized carbons (Fsp3) is 0.789. The van der Waals surface area contributed by atoms with Crippen LogP contribution >= 0.6 is 0 Å². The summed E-state index contributed by atoms with van der Waals surface area (Å²) in [4.78, 5) is 0. The summed E-state index contributed by atoms with van der Waals surface area (Å²) in [5.41, 5.74) is 0. The molecule has 2 aliphatic rings. The van der Waals surface area contributed by atoms with Gasteiger partial charge in [0.05, 0.1) is 6.61 Å². The molecule has 0 amide bonds. The van der Waals surface area contributed by atoms with Crippen LogP contribution in [-0.4, -0.2) is 51.9 Å². The van der Waals surface area contributed by atoms with Crippen molar-refractivity contribution in [1.29, 1.82) is 0 Å². The van der Waals surface area contributed by atoms with E-state index in [9.17, 15) is 0 Å². The van der Waals surface area contributed by atoms with E-state index in [2.05, 4.69) is 52.3 Å². The second kappa shape index (κ2) is 7.51. The zero-order valence-corrected chi connectivity index (χ0v) is 17.5. The molecule has 2 fully saturated rings. The molecule has 0 aromatic rings. The maximum absolute atomic E-state index is 6.03. The van der Waals surface area contributed by atoms with Gasteiger partial charge < -0.3 is 23.4 Å². The Bertz CT molecular complexity index is 540. The van der Waals surface area contributed by atoms with E-state index < -0.39 is 20.4 Å². The van der Waals surface area contributed by atoms with Gasteiger partial charge in [0.1, 0.15) is 24.9 Å². The van der Waals surface area contributed by atoms with Crippen molar-refractivity contribution in [3.05, 3.63) is 12.7 Å². The highest BCUT2D eigenvalue weighted by molar-refractivity contribution is 6.74. The second-order valence-electron chi connectivity index (χ2n) is 8.48. The number of fused-ring (bicyclic) bond motifs is 1. The van der Waals surface area contributed by atoms with Gasteiger partial charge in [-0.2, -0.15) is 0 Å². The summed E-state index contributed by atoms with van der Waals surface area (Å²) < 4.78 is 29.3. The van der Waals surface area contributed by atoms with Gasteiger partial charge in [-0.15, -0.1) is 6.58 Å². The zero-order chi connectivity index (χ0) is 18.9. The van der Waals surface area contributed by atoms with Gasteiger partial charge in [-0.25, -0.2) is 0 Å². The number of hydrogen-bond acceptors (Lipinski definition) is 5. The Morgan fingerprint density at radius 3 is 2.40 bits per heavy atom. The molecular formula is C19H32O5Si. The molecule has 5 nitrogen and oxygen atoms in total. The molecule has 0 radical (unpaired) electrons. The third-order valence-electron chi connectivity index (χ3n) is 5.04. The highest BCUT2D eigenvalue weighted by Gasteiger charge is 2.54. The lowest BCUT2D eigenvalue weighted by molar-refractivity contribution is -0.211. The van der Waals surface area contributed by atoms with Crippen molar-refractivity contribution >= 4 is 8.32 Å². The highest BCUT2D eigenvalue weighted by Crippen LogP contribution is 2.39. The van der Waals surface area contributed by atoms with Crippen LogP contribution in [0.1, 0.15) is 34.6 Å². The minimum atomic E-state index is -1.75. The van der Waals surface area contributed by atoms with E-state index in [4.69, 9.17) is 23.4 Å². The Morgan fingerprint density at radius 2 is 1.80 bits per heavy atom. The molecule has 2 aliphatic heterocycles. The molecule has 142 valence electrons. The van der Waals surface area contributed by atoms with E-state index in [1.807, 2.05) is 13.8 Å². The molecule has 4 atom stereocenters. The average Bonchev–Trinajstić information content (AvgIpc) is 2.93. The lowest BCUT2D eigenvalue weighted by atomic mass is 10.1. The van der Waals surface area contributed by atoms with Crippen LogP contribution in [-0.2, 0) is 23.4 Å². The van der Waals surface area contributed by atoms with Gasteiger partial charge in [0.25, 0.3) is 0 Å². The molecular weight excluding hydrogens is 336 g/mol. The molecule has 0 N–H and O–H groups in total. The van der Waals surface area contributed by atoms with E-state index in [1.165, 1.54) is 0 Å². The van der Waals surface area contributed by atoms with Gasteiger partial charge >= 0.3 is 0 Å². The first-order valence-corrected chi connectivity index (χ1v) is 11.7. The monoisotopic (exact) mass is 368 g/mol.